The van der Waals surface area contributed by atoms with Gasteiger partial charge in [0, 0.05) is 12.8 Å². The van der Waals surface area contributed by atoms with Crippen LogP contribution in [0.2, 0.25) is 0 Å². The monoisotopic (exact) mass is 665 g/mol. The highest BCUT2D eigenvalue weighted by Crippen LogP contribution is 2.12. The molecule has 1 heterocycles. The molecule has 1 fully saturated rings. The number of amides is 7. The summed E-state index contributed by atoms with van der Waals surface area (Å²) in [6.45, 7) is 3.57. The lowest BCUT2D eigenvalue weighted by molar-refractivity contribution is -0.134. The van der Waals surface area contributed by atoms with Crippen molar-refractivity contribution >= 4 is 41.4 Å². The number of benzene rings is 2. The van der Waals surface area contributed by atoms with Crippen LogP contribution in [-0.4, -0.2) is 90.3 Å². The summed E-state index contributed by atoms with van der Waals surface area (Å²) in [4.78, 5) is 90.9. The Morgan fingerprint density at radius 1 is 0.583 bits per heavy atom. The van der Waals surface area contributed by atoms with Gasteiger partial charge in [-0.2, -0.15) is 0 Å². The Balaban J connectivity index is 1.85. The van der Waals surface area contributed by atoms with Gasteiger partial charge in [-0.1, -0.05) is 56.3 Å². The second-order valence-corrected chi connectivity index (χ2v) is 11.9. The van der Waals surface area contributed by atoms with Crippen LogP contribution in [0.1, 0.15) is 38.3 Å². The Morgan fingerprint density at radius 3 is 1.67 bits per heavy atom. The molecule has 15 nitrogen and oxygen atoms in total. The number of aromatic hydroxyl groups is 1. The molecule has 0 aliphatic carbocycles. The molecule has 0 bridgehead atoms. The first kappa shape index (κ1) is 37.0. The molecule has 4 atom stereocenters. The standard InChI is InChI=1S/C33H43N7O8/c1-19(2)13-24-31(46)36-18-29(44)38-25(14-21-7-5-4-6-8-21)32(47)35-16-27(42)34-17-28(43)39-26(15-22-9-11-23(41)12-10-22)33(48)37-20(3)30(45)40-24/h4-12,19-20,24-26,41H,13-18H2,1-3H3,(H,34,42)(H,35,47)(H,36,46)(H,37,48)(H,38,44)(H,39,43)(H,40,45)/t20-,24-,25-,26-/m0/s1. The minimum atomic E-state index is -1.19. The summed E-state index contributed by atoms with van der Waals surface area (Å²) in [6.07, 6.45) is 0.293. The SMILES string of the molecule is CC(C)C[C@@H]1NC(=O)[C@H](C)NC(=O)[C@H](Cc2ccc(O)cc2)NC(=O)CNC(=O)CNC(=O)[C@H](Cc2ccccc2)NC(=O)CNC1=O. The first-order valence-electron chi connectivity index (χ1n) is 15.6. The van der Waals surface area contributed by atoms with Crippen LogP contribution in [0.15, 0.2) is 54.6 Å². The molecule has 2 aromatic rings. The fraction of sp³-hybridized carbons (Fsp3) is 0.424. The molecular weight excluding hydrogens is 622 g/mol. The maximum Gasteiger partial charge on any atom is 0.243 e. The Bertz CT molecular complexity index is 1470. The zero-order chi connectivity index (χ0) is 35.2. The number of hydrogen-bond donors (Lipinski definition) is 8. The van der Waals surface area contributed by atoms with E-state index in [1.54, 1.807) is 42.5 Å². The summed E-state index contributed by atoms with van der Waals surface area (Å²) < 4.78 is 0. The zero-order valence-electron chi connectivity index (χ0n) is 27.1. The van der Waals surface area contributed by atoms with E-state index in [2.05, 4.69) is 37.2 Å². The predicted molar refractivity (Wildman–Crippen MR) is 174 cm³/mol. The molecule has 258 valence electrons. The maximum absolute atomic E-state index is 13.3. The Hall–Kier alpha value is -5.47. The number of phenols is 1. The molecule has 48 heavy (non-hydrogen) atoms. The van der Waals surface area contributed by atoms with Gasteiger partial charge < -0.3 is 42.3 Å². The van der Waals surface area contributed by atoms with Crippen molar-refractivity contribution in [3.05, 3.63) is 65.7 Å². The van der Waals surface area contributed by atoms with Crippen molar-refractivity contribution in [2.75, 3.05) is 19.6 Å². The van der Waals surface area contributed by atoms with Crippen LogP contribution in [0.25, 0.3) is 0 Å². The van der Waals surface area contributed by atoms with Gasteiger partial charge >= 0.3 is 0 Å². The van der Waals surface area contributed by atoms with Crippen LogP contribution in [0.3, 0.4) is 0 Å². The topological polar surface area (TPSA) is 224 Å². The number of carbonyl (C=O) groups excluding carboxylic acids is 7. The quantitative estimate of drug-likeness (QED) is 0.182. The average molecular weight is 666 g/mol. The van der Waals surface area contributed by atoms with Crippen molar-refractivity contribution in [3.8, 4) is 5.75 Å². The molecule has 1 aliphatic rings. The van der Waals surface area contributed by atoms with E-state index in [1.165, 1.54) is 19.1 Å². The Kier molecular flexibility index (Phi) is 13.9. The molecule has 1 saturated heterocycles. The van der Waals surface area contributed by atoms with E-state index in [4.69, 9.17) is 0 Å². The molecule has 0 radical (unpaired) electrons. The van der Waals surface area contributed by atoms with Crippen LogP contribution in [0.4, 0.5) is 0 Å². The van der Waals surface area contributed by atoms with Crippen LogP contribution in [-0.2, 0) is 46.4 Å². The molecule has 8 N–H and O–H groups in total. The molecule has 0 saturated carbocycles. The first-order valence-corrected chi connectivity index (χ1v) is 15.6. The second kappa shape index (κ2) is 18.0. The third-order valence-corrected chi connectivity index (χ3v) is 7.35. The van der Waals surface area contributed by atoms with Crippen LogP contribution in [0, 0.1) is 5.92 Å². The van der Waals surface area contributed by atoms with Crippen molar-refractivity contribution in [1.82, 2.24) is 37.2 Å². The van der Waals surface area contributed by atoms with E-state index in [-0.39, 0.29) is 30.9 Å². The molecule has 0 spiro atoms. The normalized spacial score (nSPS) is 22.5. The highest BCUT2D eigenvalue weighted by atomic mass is 16.3. The Morgan fingerprint density at radius 2 is 1.08 bits per heavy atom. The number of nitrogens with one attached hydrogen (secondary N) is 7. The lowest BCUT2D eigenvalue weighted by atomic mass is 10.0. The van der Waals surface area contributed by atoms with E-state index in [1.807, 2.05) is 13.8 Å². The van der Waals surface area contributed by atoms with Gasteiger partial charge in [-0.05, 0) is 42.5 Å². The van der Waals surface area contributed by atoms with Gasteiger partial charge in [0.2, 0.25) is 41.4 Å². The third-order valence-electron chi connectivity index (χ3n) is 7.35. The van der Waals surface area contributed by atoms with Crippen LogP contribution < -0.4 is 37.2 Å². The van der Waals surface area contributed by atoms with E-state index in [0.717, 1.165) is 5.56 Å². The Labute approximate surface area is 278 Å². The van der Waals surface area contributed by atoms with E-state index >= 15 is 0 Å². The summed E-state index contributed by atoms with van der Waals surface area (Å²) in [7, 11) is 0. The summed E-state index contributed by atoms with van der Waals surface area (Å²) in [5, 5.41) is 27.3. The van der Waals surface area contributed by atoms with Crippen molar-refractivity contribution in [2.24, 2.45) is 5.92 Å². The number of rotatable bonds is 6. The first-order chi connectivity index (χ1) is 22.8. The van der Waals surface area contributed by atoms with E-state index < -0.39 is 85.2 Å². The molecule has 2 aromatic carbocycles. The van der Waals surface area contributed by atoms with Crippen molar-refractivity contribution in [3.63, 3.8) is 0 Å². The molecule has 0 unspecified atom stereocenters. The summed E-state index contributed by atoms with van der Waals surface area (Å²) in [6, 6.07) is 10.4. The fourth-order valence-electron chi connectivity index (χ4n) is 4.83. The van der Waals surface area contributed by atoms with E-state index in [9.17, 15) is 38.7 Å². The van der Waals surface area contributed by atoms with Crippen molar-refractivity contribution < 1.29 is 38.7 Å². The van der Waals surface area contributed by atoms with Crippen LogP contribution >= 0.6 is 0 Å². The smallest absolute Gasteiger partial charge is 0.243 e. The van der Waals surface area contributed by atoms with Gasteiger partial charge in [-0.15, -0.1) is 0 Å². The average Bonchev–Trinajstić information content (AvgIpc) is 3.04. The highest BCUT2D eigenvalue weighted by molar-refractivity contribution is 5.96. The molecule has 1 aliphatic heterocycles. The predicted octanol–water partition coefficient (Wildman–Crippen LogP) is -1.46. The summed E-state index contributed by atoms with van der Waals surface area (Å²) in [5.74, 6) is -4.84. The van der Waals surface area contributed by atoms with Gasteiger partial charge in [0.05, 0.1) is 19.6 Å². The lowest BCUT2D eigenvalue weighted by Crippen LogP contribution is -2.57. The van der Waals surface area contributed by atoms with Gasteiger partial charge in [-0.3, -0.25) is 33.6 Å². The second-order valence-electron chi connectivity index (χ2n) is 11.9. The lowest BCUT2D eigenvalue weighted by Gasteiger charge is -2.24. The zero-order valence-corrected chi connectivity index (χ0v) is 27.1. The van der Waals surface area contributed by atoms with Crippen molar-refractivity contribution in [1.29, 1.82) is 0 Å². The molecular formula is C33H43N7O8. The molecule has 7 amide bonds. The third kappa shape index (κ3) is 12.4. The fourth-order valence-corrected chi connectivity index (χ4v) is 4.83. The number of hydrogen-bond acceptors (Lipinski definition) is 8. The highest BCUT2D eigenvalue weighted by Gasteiger charge is 2.29. The largest absolute Gasteiger partial charge is 0.508 e. The van der Waals surface area contributed by atoms with Gasteiger partial charge in [0.15, 0.2) is 0 Å². The number of carbonyl (C=O) groups is 7. The number of phenolic OH excluding ortho intramolecular Hbond substituents is 1. The molecule has 3 rings (SSSR count). The van der Waals surface area contributed by atoms with Crippen molar-refractivity contribution in [2.45, 2.75) is 64.2 Å². The molecule has 15 heteroatoms. The molecule has 0 aromatic heterocycles. The minimum absolute atomic E-state index is 0.00534. The van der Waals surface area contributed by atoms with Gasteiger partial charge in [0.25, 0.3) is 0 Å². The van der Waals surface area contributed by atoms with Gasteiger partial charge in [-0.25, -0.2) is 0 Å². The maximum atomic E-state index is 13.3. The van der Waals surface area contributed by atoms with Gasteiger partial charge in [0.1, 0.15) is 29.9 Å². The summed E-state index contributed by atoms with van der Waals surface area (Å²) in [5.41, 5.74) is 1.32. The van der Waals surface area contributed by atoms with E-state index in [0.29, 0.717) is 5.56 Å². The van der Waals surface area contributed by atoms with Crippen LogP contribution in [0.5, 0.6) is 5.75 Å². The minimum Gasteiger partial charge on any atom is -0.508 e. The summed E-state index contributed by atoms with van der Waals surface area (Å²) >= 11 is 0.